The number of furan rings is 1. The van der Waals surface area contributed by atoms with Gasteiger partial charge in [-0.25, -0.2) is 8.78 Å². The molecular weight excluding hydrogens is 338 g/mol. The van der Waals surface area contributed by atoms with Crippen LogP contribution in [0, 0.1) is 11.6 Å². The van der Waals surface area contributed by atoms with Crippen molar-refractivity contribution in [2.45, 2.75) is 0 Å². The first-order chi connectivity index (χ1) is 12.6. The Morgan fingerprint density at radius 1 is 0.885 bits per heavy atom. The third-order valence-corrected chi connectivity index (χ3v) is 4.15. The molecule has 5 heteroatoms. The summed E-state index contributed by atoms with van der Waals surface area (Å²) in [5.74, 6) is -2.65. The normalized spacial score (nSPS) is 11.0. The van der Waals surface area contributed by atoms with E-state index in [-0.39, 0.29) is 22.6 Å². The highest BCUT2D eigenvalue weighted by Gasteiger charge is 2.26. The molecule has 26 heavy (non-hydrogen) atoms. The molecule has 0 aliphatic heterocycles. The van der Waals surface area contributed by atoms with Crippen molar-refractivity contribution in [1.29, 1.82) is 0 Å². The van der Waals surface area contributed by atoms with E-state index >= 15 is 0 Å². The number of hydrogen-bond acceptors (Lipinski definition) is 3. The third kappa shape index (κ3) is 2.54. The van der Waals surface area contributed by atoms with E-state index in [9.17, 15) is 18.7 Å². The van der Waals surface area contributed by atoms with Gasteiger partial charge >= 0.3 is 0 Å². The molecule has 0 radical (unpaired) electrons. The molecule has 1 N–H and O–H groups in total. The molecule has 1 heterocycles. The summed E-state index contributed by atoms with van der Waals surface area (Å²) in [6.45, 7) is 0. The third-order valence-electron chi connectivity index (χ3n) is 4.15. The van der Waals surface area contributed by atoms with E-state index < -0.39 is 17.4 Å². The molecule has 4 rings (SSSR count). The number of para-hydroxylation sites is 1. The number of hydrogen-bond donors (Lipinski definition) is 1. The highest BCUT2D eigenvalue weighted by molar-refractivity contribution is 6.19. The second-order valence-corrected chi connectivity index (χ2v) is 5.78. The minimum Gasteiger partial charge on any atom is -0.508 e. The van der Waals surface area contributed by atoms with Crippen LogP contribution < -0.4 is 0 Å². The summed E-state index contributed by atoms with van der Waals surface area (Å²) < 4.78 is 33.6. The number of carbonyl (C=O) groups is 1. The fourth-order valence-corrected chi connectivity index (χ4v) is 2.90. The van der Waals surface area contributed by atoms with Crippen LogP contribution in [0.5, 0.6) is 5.75 Å². The molecule has 0 aliphatic rings. The van der Waals surface area contributed by atoms with E-state index in [2.05, 4.69) is 0 Å². The maximum Gasteiger partial charge on any atom is 0.200 e. The average Bonchev–Trinajstić information content (AvgIpc) is 3.03. The molecule has 0 bridgehead atoms. The zero-order valence-electron chi connectivity index (χ0n) is 13.4. The quantitative estimate of drug-likeness (QED) is 0.509. The lowest BCUT2D eigenvalue weighted by atomic mass is 9.97. The summed E-state index contributed by atoms with van der Waals surface area (Å²) in [7, 11) is 0. The highest BCUT2D eigenvalue weighted by atomic mass is 19.2. The maximum absolute atomic E-state index is 14.2. The van der Waals surface area contributed by atoms with E-state index in [0.29, 0.717) is 16.5 Å². The van der Waals surface area contributed by atoms with Gasteiger partial charge in [-0.15, -0.1) is 0 Å². The van der Waals surface area contributed by atoms with Gasteiger partial charge in [0.2, 0.25) is 5.78 Å². The number of phenolic OH excluding ortho intramolecular Hbond substituents is 1. The van der Waals surface area contributed by atoms with Gasteiger partial charge < -0.3 is 9.52 Å². The van der Waals surface area contributed by atoms with Gasteiger partial charge in [0, 0.05) is 10.9 Å². The molecular formula is C21H12F2O3. The van der Waals surface area contributed by atoms with Crippen LogP contribution in [0.3, 0.4) is 0 Å². The van der Waals surface area contributed by atoms with Gasteiger partial charge in [-0.1, -0.05) is 24.3 Å². The molecule has 0 spiro atoms. The van der Waals surface area contributed by atoms with Crippen LogP contribution in [-0.4, -0.2) is 10.9 Å². The Labute approximate surface area is 147 Å². The Morgan fingerprint density at radius 2 is 1.62 bits per heavy atom. The van der Waals surface area contributed by atoms with Crippen molar-refractivity contribution in [3.05, 3.63) is 89.5 Å². The van der Waals surface area contributed by atoms with Crippen LogP contribution in [0.1, 0.15) is 15.9 Å². The molecule has 0 unspecified atom stereocenters. The van der Waals surface area contributed by atoms with E-state index in [0.717, 1.165) is 6.07 Å². The summed E-state index contributed by atoms with van der Waals surface area (Å²) in [4.78, 5) is 13.0. The van der Waals surface area contributed by atoms with Gasteiger partial charge in [0.25, 0.3) is 0 Å². The SMILES string of the molecule is O=C(c1cccc(F)c1F)c1c(-c2ccc(O)cc2)oc2ccccc12. The molecule has 0 aliphatic carbocycles. The topological polar surface area (TPSA) is 50.4 Å². The Kier molecular flexibility index (Phi) is 3.77. The van der Waals surface area contributed by atoms with Crippen LogP contribution in [0.25, 0.3) is 22.3 Å². The number of phenols is 1. The number of aromatic hydroxyl groups is 1. The van der Waals surface area contributed by atoms with Gasteiger partial charge in [0.05, 0.1) is 11.1 Å². The Hall–Kier alpha value is -3.47. The van der Waals surface area contributed by atoms with Crippen molar-refractivity contribution in [3.8, 4) is 17.1 Å². The predicted molar refractivity (Wildman–Crippen MR) is 93.1 cm³/mol. The maximum atomic E-state index is 14.2. The first kappa shape index (κ1) is 16.0. The number of halogens is 2. The zero-order chi connectivity index (χ0) is 18.3. The van der Waals surface area contributed by atoms with Crippen LogP contribution in [-0.2, 0) is 0 Å². The lowest BCUT2D eigenvalue weighted by Gasteiger charge is -2.05. The molecule has 3 aromatic carbocycles. The summed E-state index contributed by atoms with van der Waals surface area (Å²) >= 11 is 0. The smallest absolute Gasteiger partial charge is 0.200 e. The van der Waals surface area contributed by atoms with Crippen LogP contribution in [0.4, 0.5) is 8.78 Å². The fraction of sp³-hybridized carbons (Fsp3) is 0. The molecule has 0 atom stereocenters. The summed E-state index contributed by atoms with van der Waals surface area (Å²) in [6, 6.07) is 16.4. The molecule has 0 saturated heterocycles. The average molecular weight is 350 g/mol. The van der Waals surface area contributed by atoms with E-state index in [1.807, 2.05) is 0 Å². The van der Waals surface area contributed by atoms with Crippen molar-refractivity contribution < 1.29 is 23.1 Å². The minimum atomic E-state index is -1.19. The second-order valence-electron chi connectivity index (χ2n) is 5.78. The molecule has 3 nitrogen and oxygen atoms in total. The first-order valence-corrected chi connectivity index (χ1v) is 7.86. The van der Waals surface area contributed by atoms with Gasteiger partial charge in [0.1, 0.15) is 17.1 Å². The first-order valence-electron chi connectivity index (χ1n) is 7.86. The predicted octanol–water partition coefficient (Wildman–Crippen LogP) is 5.31. The standard InChI is InChI=1S/C21H12F2O3/c22-16-6-3-5-15(19(16)23)20(25)18-14-4-1-2-7-17(14)26-21(18)12-8-10-13(24)11-9-12/h1-11,24H. The zero-order valence-corrected chi connectivity index (χ0v) is 13.4. The second kappa shape index (κ2) is 6.11. The molecule has 128 valence electrons. The Morgan fingerprint density at radius 3 is 2.38 bits per heavy atom. The molecule has 0 amide bonds. The Balaban J connectivity index is 1.98. The lowest BCUT2D eigenvalue weighted by Crippen LogP contribution is -2.06. The molecule has 0 fully saturated rings. The van der Waals surface area contributed by atoms with Gasteiger partial charge in [-0.2, -0.15) is 0 Å². The number of ketones is 1. The number of rotatable bonds is 3. The Bertz CT molecular complexity index is 1130. The van der Waals surface area contributed by atoms with Crippen molar-refractivity contribution in [3.63, 3.8) is 0 Å². The molecule has 0 saturated carbocycles. The number of carbonyl (C=O) groups excluding carboxylic acids is 1. The summed E-state index contributed by atoms with van der Waals surface area (Å²) in [5.41, 5.74) is 0.780. The van der Waals surface area contributed by atoms with Crippen LogP contribution in [0.15, 0.2) is 71.1 Å². The molecule has 1 aromatic heterocycles. The largest absolute Gasteiger partial charge is 0.508 e. The van der Waals surface area contributed by atoms with Crippen molar-refractivity contribution in [2.24, 2.45) is 0 Å². The summed E-state index contributed by atoms with van der Waals surface area (Å²) in [6.07, 6.45) is 0. The van der Waals surface area contributed by atoms with Crippen molar-refractivity contribution >= 4 is 16.8 Å². The van der Waals surface area contributed by atoms with E-state index in [4.69, 9.17) is 4.42 Å². The van der Waals surface area contributed by atoms with Crippen molar-refractivity contribution in [2.75, 3.05) is 0 Å². The number of fused-ring (bicyclic) bond motifs is 1. The minimum absolute atomic E-state index is 0.0638. The van der Waals surface area contributed by atoms with Gasteiger partial charge in [-0.3, -0.25) is 4.79 Å². The van der Waals surface area contributed by atoms with Gasteiger partial charge in [-0.05, 0) is 42.5 Å². The van der Waals surface area contributed by atoms with Crippen LogP contribution >= 0.6 is 0 Å². The monoisotopic (exact) mass is 350 g/mol. The number of benzene rings is 3. The van der Waals surface area contributed by atoms with E-state index in [1.54, 1.807) is 36.4 Å². The highest BCUT2D eigenvalue weighted by Crippen LogP contribution is 2.36. The van der Waals surface area contributed by atoms with Gasteiger partial charge in [0.15, 0.2) is 11.6 Å². The van der Waals surface area contributed by atoms with E-state index in [1.165, 1.54) is 24.3 Å². The lowest BCUT2D eigenvalue weighted by molar-refractivity contribution is 0.103. The van der Waals surface area contributed by atoms with Crippen molar-refractivity contribution in [1.82, 2.24) is 0 Å². The fourth-order valence-electron chi connectivity index (χ4n) is 2.90. The van der Waals surface area contributed by atoms with Crippen LogP contribution in [0.2, 0.25) is 0 Å². The summed E-state index contributed by atoms with van der Waals surface area (Å²) in [5, 5.41) is 9.98. The molecule has 4 aromatic rings.